The van der Waals surface area contributed by atoms with Gasteiger partial charge in [-0.25, -0.2) is 5.06 Å². The first-order valence-electron chi connectivity index (χ1n) is 9.57. The van der Waals surface area contributed by atoms with Gasteiger partial charge in [0.15, 0.2) is 6.10 Å². The molecule has 2 saturated heterocycles. The van der Waals surface area contributed by atoms with Crippen molar-refractivity contribution in [2.75, 3.05) is 19.3 Å². The largest absolute Gasteiger partial charge is 0.497 e. The summed E-state index contributed by atoms with van der Waals surface area (Å²) in [5.74, 6) is 0.0300. The normalized spacial score (nSPS) is 23.7. The highest BCUT2D eigenvalue weighted by molar-refractivity contribution is 6.08. The van der Waals surface area contributed by atoms with Gasteiger partial charge in [-0.1, -0.05) is 18.2 Å². The molecule has 2 heterocycles. The number of fused-ring (bicyclic) bond motifs is 1. The second-order valence-electron chi connectivity index (χ2n) is 7.41. The van der Waals surface area contributed by atoms with Crippen LogP contribution in [0.5, 0.6) is 11.5 Å². The molecule has 2 aliphatic heterocycles. The second-order valence-corrected chi connectivity index (χ2v) is 7.41. The van der Waals surface area contributed by atoms with Crippen molar-refractivity contribution in [1.29, 1.82) is 0 Å². The minimum atomic E-state index is -0.859. The van der Waals surface area contributed by atoms with Gasteiger partial charge in [0.2, 0.25) is 5.91 Å². The van der Waals surface area contributed by atoms with Gasteiger partial charge < -0.3 is 9.47 Å². The molecule has 0 spiro atoms. The van der Waals surface area contributed by atoms with Gasteiger partial charge in [-0.05, 0) is 38.1 Å². The van der Waals surface area contributed by atoms with Crippen LogP contribution in [0.15, 0.2) is 48.5 Å². The lowest BCUT2D eigenvalue weighted by Crippen LogP contribution is -2.41. The van der Waals surface area contributed by atoms with Gasteiger partial charge >= 0.3 is 0 Å². The molecule has 7 heteroatoms. The van der Waals surface area contributed by atoms with Crippen LogP contribution in [0, 0.1) is 5.92 Å². The third kappa shape index (κ3) is 3.02. The Balaban J connectivity index is 1.84. The van der Waals surface area contributed by atoms with E-state index in [0.717, 1.165) is 11.3 Å². The first-order valence-corrected chi connectivity index (χ1v) is 9.57. The Morgan fingerprint density at radius 1 is 0.966 bits per heavy atom. The average molecular weight is 396 g/mol. The Morgan fingerprint density at radius 3 is 2.31 bits per heavy atom. The van der Waals surface area contributed by atoms with Crippen molar-refractivity contribution in [1.82, 2.24) is 4.90 Å². The second kappa shape index (κ2) is 7.40. The highest BCUT2D eigenvalue weighted by Crippen LogP contribution is 2.49. The van der Waals surface area contributed by atoms with Crippen molar-refractivity contribution in [3.63, 3.8) is 0 Å². The number of rotatable bonds is 5. The molecule has 0 radical (unpaired) electrons. The number of hydrogen-bond acceptors (Lipinski definition) is 6. The van der Waals surface area contributed by atoms with Crippen LogP contribution < -0.4 is 14.5 Å². The van der Waals surface area contributed by atoms with Gasteiger partial charge in [-0.2, -0.15) is 0 Å². The Labute approximate surface area is 169 Å². The summed E-state index contributed by atoms with van der Waals surface area (Å²) in [4.78, 5) is 33.6. The van der Waals surface area contributed by atoms with Gasteiger partial charge in [0.05, 0.1) is 25.9 Å². The molecule has 2 aromatic carbocycles. The van der Waals surface area contributed by atoms with E-state index in [9.17, 15) is 9.59 Å². The van der Waals surface area contributed by atoms with E-state index in [1.54, 1.807) is 25.3 Å². The zero-order valence-electron chi connectivity index (χ0n) is 16.9. The van der Waals surface area contributed by atoms with Crippen molar-refractivity contribution in [2.45, 2.75) is 32.0 Å². The summed E-state index contributed by atoms with van der Waals surface area (Å²) in [6, 6.07) is 14.2. The fraction of sp³-hybridized carbons (Fsp3) is 0.364. The van der Waals surface area contributed by atoms with Crippen LogP contribution in [0.4, 0.5) is 5.69 Å². The van der Waals surface area contributed by atoms with Crippen LogP contribution in [0.1, 0.15) is 25.5 Å². The van der Waals surface area contributed by atoms with Gasteiger partial charge in [0, 0.05) is 17.7 Å². The van der Waals surface area contributed by atoms with Crippen molar-refractivity contribution >= 4 is 17.5 Å². The van der Waals surface area contributed by atoms with Crippen molar-refractivity contribution in [3.8, 4) is 11.5 Å². The number of carbonyl (C=O) groups is 2. The number of methoxy groups -OCH3 is 2. The lowest BCUT2D eigenvalue weighted by Gasteiger charge is -2.30. The molecule has 0 bridgehead atoms. The van der Waals surface area contributed by atoms with E-state index in [1.165, 1.54) is 4.90 Å². The van der Waals surface area contributed by atoms with Crippen LogP contribution in [0.25, 0.3) is 0 Å². The van der Waals surface area contributed by atoms with E-state index in [4.69, 9.17) is 14.3 Å². The molecular formula is C22H24N2O5. The third-order valence-corrected chi connectivity index (χ3v) is 5.44. The predicted molar refractivity (Wildman–Crippen MR) is 107 cm³/mol. The molecule has 0 aromatic heterocycles. The highest BCUT2D eigenvalue weighted by Gasteiger charge is 2.60. The van der Waals surface area contributed by atoms with Crippen LogP contribution in [0.3, 0.4) is 0 Å². The fourth-order valence-electron chi connectivity index (χ4n) is 4.12. The zero-order chi connectivity index (χ0) is 20.7. The zero-order valence-corrected chi connectivity index (χ0v) is 16.9. The number of anilines is 1. The van der Waals surface area contributed by atoms with E-state index in [0.29, 0.717) is 11.5 Å². The summed E-state index contributed by atoms with van der Waals surface area (Å²) in [5.41, 5.74) is 1.53. The molecule has 2 amide bonds. The number of carbonyl (C=O) groups excluding carboxylic acids is 2. The number of nitrogens with zero attached hydrogens (tertiary/aromatic N) is 2. The molecule has 0 unspecified atom stereocenters. The van der Waals surface area contributed by atoms with Gasteiger partial charge in [-0.3, -0.25) is 19.3 Å². The van der Waals surface area contributed by atoms with E-state index in [1.807, 2.05) is 56.3 Å². The van der Waals surface area contributed by atoms with Crippen LogP contribution in [0.2, 0.25) is 0 Å². The number of benzene rings is 2. The Bertz CT molecular complexity index is 930. The summed E-state index contributed by atoms with van der Waals surface area (Å²) in [7, 11) is 3.15. The summed E-state index contributed by atoms with van der Waals surface area (Å²) >= 11 is 0. The number of ether oxygens (including phenoxy) is 2. The molecule has 2 aromatic rings. The fourth-order valence-corrected chi connectivity index (χ4v) is 4.12. The third-order valence-electron chi connectivity index (χ3n) is 5.44. The van der Waals surface area contributed by atoms with Crippen LogP contribution in [-0.4, -0.2) is 43.1 Å². The SMILES string of the molecule is COc1ccc([C@@H]2[C@@H]3C(=O)N(C(C)C)C(=O)[C@@H]3ON2c2ccccc2)c(OC)c1. The van der Waals surface area contributed by atoms with Gasteiger partial charge in [0.1, 0.15) is 17.4 Å². The first kappa shape index (κ1) is 19.3. The molecule has 2 aliphatic rings. The van der Waals surface area contributed by atoms with Crippen molar-refractivity contribution in [2.24, 2.45) is 5.92 Å². The molecule has 7 nitrogen and oxygen atoms in total. The smallest absolute Gasteiger partial charge is 0.262 e. The van der Waals surface area contributed by atoms with Crippen LogP contribution >= 0.6 is 0 Å². The minimum Gasteiger partial charge on any atom is -0.497 e. The van der Waals surface area contributed by atoms with E-state index in [2.05, 4.69) is 0 Å². The Hall–Kier alpha value is -3.06. The maximum atomic E-state index is 13.3. The number of hydroxylamine groups is 1. The Morgan fingerprint density at radius 2 is 1.69 bits per heavy atom. The molecule has 29 heavy (non-hydrogen) atoms. The van der Waals surface area contributed by atoms with Gasteiger partial charge in [-0.15, -0.1) is 0 Å². The topological polar surface area (TPSA) is 68.3 Å². The molecule has 2 fully saturated rings. The lowest BCUT2D eigenvalue weighted by molar-refractivity contribution is -0.145. The molecule has 152 valence electrons. The molecule has 0 N–H and O–H groups in total. The number of hydrogen-bond donors (Lipinski definition) is 0. The number of para-hydroxylation sites is 1. The van der Waals surface area contributed by atoms with Gasteiger partial charge in [0.25, 0.3) is 5.91 Å². The van der Waals surface area contributed by atoms with E-state index < -0.39 is 18.1 Å². The summed E-state index contributed by atoms with van der Waals surface area (Å²) in [5, 5.41) is 1.66. The first-order chi connectivity index (χ1) is 14.0. The molecule has 0 aliphatic carbocycles. The molecular weight excluding hydrogens is 372 g/mol. The molecule has 3 atom stereocenters. The number of imide groups is 1. The summed E-state index contributed by atoms with van der Waals surface area (Å²) in [6.45, 7) is 3.66. The predicted octanol–water partition coefficient (Wildman–Crippen LogP) is 2.96. The monoisotopic (exact) mass is 396 g/mol. The molecule has 0 saturated carbocycles. The summed E-state index contributed by atoms with van der Waals surface area (Å²) in [6.07, 6.45) is -0.859. The van der Waals surface area contributed by atoms with Crippen LogP contribution in [-0.2, 0) is 14.4 Å². The average Bonchev–Trinajstić information content (AvgIpc) is 3.24. The standard InChI is InChI=1S/C22H24N2O5/c1-13(2)23-21(25)18-19(16-11-10-15(27-3)12-17(16)28-4)24(29-20(18)22(23)26)14-8-6-5-7-9-14/h5-13,18-20H,1-4H3/t18-,19+,20+/m0/s1. The van der Waals surface area contributed by atoms with E-state index >= 15 is 0 Å². The molecule has 4 rings (SSSR count). The summed E-state index contributed by atoms with van der Waals surface area (Å²) < 4.78 is 10.9. The highest BCUT2D eigenvalue weighted by atomic mass is 16.7. The van der Waals surface area contributed by atoms with Crippen molar-refractivity contribution in [3.05, 3.63) is 54.1 Å². The Kier molecular flexibility index (Phi) is 4.92. The van der Waals surface area contributed by atoms with E-state index in [-0.39, 0.29) is 17.9 Å². The van der Waals surface area contributed by atoms with Crippen molar-refractivity contribution < 1.29 is 23.9 Å². The number of likely N-dealkylation sites (tertiary alicyclic amines) is 1. The lowest BCUT2D eigenvalue weighted by atomic mass is 9.90. The number of amides is 2. The maximum Gasteiger partial charge on any atom is 0.262 e. The minimum absolute atomic E-state index is 0.226. The maximum absolute atomic E-state index is 13.3. The quantitative estimate of drug-likeness (QED) is 0.724.